The normalized spacial score (nSPS) is 14.8. The number of methoxy groups -OCH3 is 1. The highest BCUT2D eigenvalue weighted by Gasteiger charge is 2.25. The highest BCUT2D eigenvalue weighted by molar-refractivity contribution is 7.14. The lowest BCUT2D eigenvalue weighted by atomic mass is 10.0. The molecular weight excluding hydrogens is 380 g/mol. The second-order valence-corrected chi connectivity index (χ2v) is 7.52. The summed E-state index contributed by atoms with van der Waals surface area (Å²) in [5.41, 5.74) is 2.19. The lowest BCUT2D eigenvalue weighted by Crippen LogP contribution is -2.40. The van der Waals surface area contributed by atoms with E-state index >= 15 is 0 Å². The molecule has 0 amide bonds. The van der Waals surface area contributed by atoms with Crippen LogP contribution in [0.25, 0.3) is 11.3 Å². The third-order valence-electron chi connectivity index (χ3n) is 4.91. The molecule has 0 saturated carbocycles. The maximum absolute atomic E-state index is 13.8. The van der Waals surface area contributed by atoms with Gasteiger partial charge in [-0.15, -0.1) is 11.3 Å². The van der Waals surface area contributed by atoms with Gasteiger partial charge in [-0.3, -0.25) is 0 Å². The predicted octanol–water partition coefficient (Wildman–Crippen LogP) is 4.99. The molecule has 28 heavy (non-hydrogen) atoms. The minimum atomic E-state index is -0.334. The molecule has 1 aromatic heterocycles. The van der Waals surface area contributed by atoms with E-state index in [1.165, 1.54) is 35.6 Å². The van der Waals surface area contributed by atoms with Crippen LogP contribution in [0, 0.1) is 11.6 Å². The molecule has 2 heterocycles. The zero-order valence-corrected chi connectivity index (χ0v) is 16.3. The summed E-state index contributed by atoms with van der Waals surface area (Å²) in [4.78, 5) is 6.96. The number of halogens is 2. The van der Waals surface area contributed by atoms with E-state index in [0.717, 1.165) is 36.8 Å². The molecule has 0 aliphatic carbocycles. The predicted molar refractivity (Wildman–Crippen MR) is 108 cm³/mol. The largest absolute Gasteiger partial charge is 0.496 e. The van der Waals surface area contributed by atoms with Gasteiger partial charge in [0, 0.05) is 22.7 Å². The number of benzene rings is 2. The van der Waals surface area contributed by atoms with Crippen LogP contribution in [0.3, 0.4) is 0 Å². The third kappa shape index (κ3) is 3.86. The first-order valence-electron chi connectivity index (χ1n) is 9.20. The van der Waals surface area contributed by atoms with Gasteiger partial charge in [0.05, 0.1) is 12.8 Å². The topological polar surface area (TPSA) is 37.4 Å². The van der Waals surface area contributed by atoms with Crippen molar-refractivity contribution < 1.29 is 13.5 Å². The smallest absolute Gasteiger partial charge is 0.190 e. The number of nitrogens with zero attached hydrogens (tertiary/aromatic N) is 2. The molecule has 3 aromatic rings. The summed E-state index contributed by atoms with van der Waals surface area (Å²) >= 11 is 1.49. The van der Waals surface area contributed by atoms with E-state index in [2.05, 4.69) is 10.2 Å². The Hall–Kier alpha value is -2.51. The Balaban J connectivity index is 1.73. The molecule has 7 heteroatoms. The van der Waals surface area contributed by atoms with Gasteiger partial charge in [0.15, 0.2) is 5.13 Å². The zero-order valence-electron chi connectivity index (χ0n) is 15.5. The molecular formula is C21H21F2N3OS. The maximum Gasteiger partial charge on any atom is 0.190 e. The number of nitrogens with one attached hydrogen (secondary N) is 1. The summed E-state index contributed by atoms with van der Waals surface area (Å²) in [7, 11) is 1.56. The average Bonchev–Trinajstić information content (AvgIpc) is 3.20. The fourth-order valence-electron chi connectivity index (χ4n) is 3.52. The number of piperidine rings is 1. The van der Waals surface area contributed by atoms with Crippen molar-refractivity contribution in [3.8, 4) is 17.0 Å². The summed E-state index contributed by atoms with van der Waals surface area (Å²) in [6.07, 6.45) is 1.94. The number of rotatable bonds is 5. The first-order valence-corrected chi connectivity index (χ1v) is 10.1. The number of anilines is 2. The molecule has 1 aliphatic heterocycles. The van der Waals surface area contributed by atoms with E-state index in [1.807, 2.05) is 5.38 Å². The second kappa shape index (κ2) is 8.24. The SMILES string of the molecule is COc1ccc(F)cc1-c1csc(N(c2ccc(F)cc2)C2CCNCC2)n1. The Labute approximate surface area is 166 Å². The first-order chi connectivity index (χ1) is 13.7. The lowest BCUT2D eigenvalue weighted by Gasteiger charge is -2.34. The summed E-state index contributed by atoms with van der Waals surface area (Å²) in [5.74, 6) is -0.0223. The fraction of sp³-hybridized carbons (Fsp3) is 0.286. The minimum Gasteiger partial charge on any atom is -0.496 e. The van der Waals surface area contributed by atoms with Crippen molar-refractivity contribution in [1.82, 2.24) is 10.3 Å². The van der Waals surface area contributed by atoms with Crippen molar-refractivity contribution in [2.45, 2.75) is 18.9 Å². The molecule has 4 rings (SSSR count). The molecule has 1 saturated heterocycles. The van der Waals surface area contributed by atoms with Gasteiger partial charge >= 0.3 is 0 Å². The van der Waals surface area contributed by atoms with Crippen LogP contribution in [0.4, 0.5) is 19.6 Å². The van der Waals surface area contributed by atoms with Crippen molar-refractivity contribution in [3.05, 3.63) is 59.5 Å². The van der Waals surface area contributed by atoms with Gasteiger partial charge < -0.3 is 15.0 Å². The van der Waals surface area contributed by atoms with Crippen LogP contribution >= 0.6 is 11.3 Å². The Morgan fingerprint density at radius 1 is 1.07 bits per heavy atom. The van der Waals surface area contributed by atoms with E-state index in [1.54, 1.807) is 25.3 Å². The minimum absolute atomic E-state index is 0.264. The first kappa shape index (κ1) is 18.8. The Bertz CT molecular complexity index is 939. The van der Waals surface area contributed by atoms with Crippen molar-refractivity contribution in [3.63, 3.8) is 0 Å². The van der Waals surface area contributed by atoms with Crippen LogP contribution in [0.2, 0.25) is 0 Å². The number of ether oxygens (including phenoxy) is 1. The molecule has 146 valence electrons. The molecule has 1 aliphatic rings. The van der Waals surface area contributed by atoms with Crippen LogP contribution in [0.1, 0.15) is 12.8 Å². The highest BCUT2D eigenvalue weighted by atomic mass is 32.1. The van der Waals surface area contributed by atoms with Crippen LogP contribution in [0.5, 0.6) is 5.75 Å². The molecule has 0 bridgehead atoms. The van der Waals surface area contributed by atoms with Crippen LogP contribution in [0.15, 0.2) is 47.8 Å². The van der Waals surface area contributed by atoms with Crippen molar-refractivity contribution in [1.29, 1.82) is 0 Å². The van der Waals surface area contributed by atoms with E-state index < -0.39 is 0 Å². The Morgan fingerprint density at radius 3 is 2.50 bits per heavy atom. The summed E-state index contributed by atoms with van der Waals surface area (Å²) in [5, 5.41) is 6.08. The maximum atomic E-state index is 13.8. The van der Waals surface area contributed by atoms with Crippen LogP contribution < -0.4 is 15.0 Å². The number of hydrogen-bond acceptors (Lipinski definition) is 5. The van der Waals surface area contributed by atoms with Gasteiger partial charge in [0.2, 0.25) is 0 Å². The molecule has 0 unspecified atom stereocenters. The van der Waals surface area contributed by atoms with E-state index in [0.29, 0.717) is 17.0 Å². The van der Waals surface area contributed by atoms with Crippen molar-refractivity contribution in [2.75, 3.05) is 25.1 Å². The fourth-order valence-corrected chi connectivity index (χ4v) is 4.44. The molecule has 2 aromatic carbocycles. The lowest BCUT2D eigenvalue weighted by molar-refractivity contribution is 0.415. The molecule has 1 fully saturated rings. The summed E-state index contributed by atoms with van der Waals surface area (Å²) < 4.78 is 32.6. The molecule has 0 atom stereocenters. The molecule has 0 spiro atoms. The number of thiazole rings is 1. The average molecular weight is 401 g/mol. The summed E-state index contributed by atoms with van der Waals surface area (Å²) in [6, 6.07) is 11.2. The van der Waals surface area contributed by atoms with E-state index in [-0.39, 0.29) is 17.7 Å². The highest BCUT2D eigenvalue weighted by Crippen LogP contribution is 2.38. The number of aromatic nitrogens is 1. The van der Waals surface area contributed by atoms with Crippen molar-refractivity contribution in [2.24, 2.45) is 0 Å². The van der Waals surface area contributed by atoms with Gasteiger partial charge in [0.25, 0.3) is 0 Å². The standard InChI is InChI=1S/C21H21F2N3OS/c1-27-20-7-4-15(23)12-18(20)19-13-28-21(25-19)26(17-8-10-24-11-9-17)16-5-2-14(22)3-6-16/h2-7,12-13,17,24H,8-11H2,1H3. The van der Waals surface area contributed by atoms with Gasteiger partial charge in [0.1, 0.15) is 17.4 Å². The van der Waals surface area contributed by atoms with Crippen LogP contribution in [-0.2, 0) is 0 Å². The third-order valence-corrected chi connectivity index (χ3v) is 5.75. The molecule has 1 N–H and O–H groups in total. The molecule has 0 radical (unpaired) electrons. The van der Waals surface area contributed by atoms with Gasteiger partial charge in [-0.2, -0.15) is 0 Å². The quantitative estimate of drug-likeness (QED) is 0.654. The van der Waals surface area contributed by atoms with Gasteiger partial charge in [-0.05, 0) is 68.4 Å². The van der Waals surface area contributed by atoms with Crippen LogP contribution in [-0.4, -0.2) is 31.2 Å². The number of hydrogen-bond donors (Lipinski definition) is 1. The molecule has 4 nitrogen and oxygen atoms in total. The van der Waals surface area contributed by atoms with Gasteiger partial charge in [-0.25, -0.2) is 13.8 Å². The van der Waals surface area contributed by atoms with Crippen molar-refractivity contribution >= 4 is 22.2 Å². The second-order valence-electron chi connectivity index (χ2n) is 6.69. The monoisotopic (exact) mass is 401 g/mol. The Kier molecular flexibility index (Phi) is 5.54. The Morgan fingerprint density at radius 2 is 1.79 bits per heavy atom. The summed E-state index contributed by atoms with van der Waals surface area (Å²) in [6.45, 7) is 1.86. The van der Waals surface area contributed by atoms with E-state index in [4.69, 9.17) is 9.72 Å². The van der Waals surface area contributed by atoms with E-state index in [9.17, 15) is 8.78 Å². The van der Waals surface area contributed by atoms with Gasteiger partial charge in [-0.1, -0.05) is 0 Å². The zero-order chi connectivity index (χ0) is 19.5.